The molecular weight excluding hydrogens is 324 g/mol. The molecule has 1 amide bonds. The second kappa shape index (κ2) is 6.52. The van der Waals surface area contributed by atoms with E-state index >= 15 is 0 Å². The number of carbonyl (C=O) groups excluding carboxylic acids is 1. The average Bonchev–Trinajstić information content (AvgIpc) is 2.98. The Bertz CT molecular complexity index is 944. The van der Waals surface area contributed by atoms with E-state index < -0.39 is 0 Å². The van der Waals surface area contributed by atoms with Gasteiger partial charge in [0.25, 0.3) is 5.56 Å². The first-order valence-electron chi connectivity index (χ1n) is 7.68. The Balaban J connectivity index is 2.04. The van der Waals surface area contributed by atoms with Crippen LogP contribution in [0.15, 0.2) is 35.1 Å². The lowest BCUT2D eigenvalue weighted by Crippen LogP contribution is -2.37. The molecule has 0 radical (unpaired) electrons. The maximum atomic E-state index is 12.6. The van der Waals surface area contributed by atoms with E-state index in [9.17, 15) is 9.59 Å². The molecule has 0 saturated heterocycles. The topological polar surface area (TPSA) is 76.9 Å². The Labute approximate surface area is 143 Å². The van der Waals surface area contributed by atoms with Crippen LogP contribution in [0.5, 0.6) is 0 Å². The van der Waals surface area contributed by atoms with Crippen LogP contribution >= 0.6 is 11.3 Å². The molecule has 0 saturated carbocycles. The zero-order chi connectivity index (χ0) is 17.3. The molecule has 3 rings (SSSR count). The van der Waals surface area contributed by atoms with E-state index in [0.29, 0.717) is 11.2 Å². The van der Waals surface area contributed by atoms with Crippen LogP contribution in [-0.2, 0) is 11.3 Å². The van der Waals surface area contributed by atoms with Crippen molar-refractivity contribution >= 4 is 27.5 Å². The maximum absolute atomic E-state index is 12.6. The third-order valence-corrected chi connectivity index (χ3v) is 4.64. The average molecular weight is 342 g/mol. The van der Waals surface area contributed by atoms with Gasteiger partial charge in [0, 0.05) is 11.6 Å². The molecule has 0 aliphatic heterocycles. The number of nitrogens with zero attached hydrogens (tertiary/aromatic N) is 3. The number of benzene rings is 1. The van der Waals surface area contributed by atoms with Gasteiger partial charge in [-0.1, -0.05) is 30.3 Å². The van der Waals surface area contributed by atoms with Crippen LogP contribution in [-0.4, -0.2) is 26.7 Å². The molecule has 6 nitrogen and oxygen atoms in total. The van der Waals surface area contributed by atoms with E-state index in [1.807, 2.05) is 51.1 Å². The summed E-state index contributed by atoms with van der Waals surface area (Å²) in [6.07, 6.45) is 0. The van der Waals surface area contributed by atoms with Crippen LogP contribution in [0.1, 0.15) is 19.5 Å². The predicted octanol–water partition coefficient (Wildman–Crippen LogP) is 2.35. The molecule has 3 aromatic rings. The minimum atomic E-state index is -0.340. The molecule has 2 heterocycles. The largest absolute Gasteiger partial charge is 0.352 e. The molecule has 0 unspecified atom stereocenters. The third-order valence-electron chi connectivity index (χ3n) is 3.43. The van der Waals surface area contributed by atoms with Gasteiger partial charge >= 0.3 is 0 Å². The van der Waals surface area contributed by atoms with Crippen LogP contribution in [0.2, 0.25) is 0 Å². The van der Waals surface area contributed by atoms with Gasteiger partial charge in [0.15, 0.2) is 5.52 Å². The first-order valence-corrected chi connectivity index (χ1v) is 8.50. The van der Waals surface area contributed by atoms with Gasteiger partial charge in [-0.25, -0.2) is 9.67 Å². The van der Waals surface area contributed by atoms with Crippen molar-refractivity contribution in [1.29, 1.82) is 0 Å². The molecular formula is C17H18N4O2S. The number of hydrogen-bond acceptors (Lipinski definition) is 5. The van der Waals surface area contributed by atoms with Crippen molar-refractivity contribution in [2.75, 3.05) is 0 Å². The highest BCUT2D eigenvalue weighted by atomic mass is 32.1. The summed E-state index contributed by atoms with van der Waals surface area (Å²) in [5, 5.41) is 7.80. The number of fused-ring (bicyclic) bond motifs is 1. The fourth-order valence-electron chi connectivity index (χ4n) is 2.42. The molecule has 1 N–H and O–H groups in total. The van der Waals surface area contributed by atoms with Crippen LogP contribution < -0.4 is 10.9 Å². The Morgan fingerprint density at radius 3 is 2.67 bits per heavy atom. The van der Waals surface area contributed by atoms with Crippen molar-refractivity contribution < 1.29 is 4.79 Å². The fraction of sp³-hybridized carbons (Fsp3) is 0.294. The lowest BCUT2D eigenvalue weighted by Gasteiger charge is -2.09. The number of aryl methyl sites for hydroxylation is 1. The number of carbonyl (C=O) groups is 1. The summed E-state index contributed by atoms with van der Waals surface area (Å²) in [6, 6.07) is 9.72. The van der Waals surface area contributed by atoms with Gasteiger partial charge in [0.1, 0.15) is 11.6 Å². The predicted molar refractivity (Wildman–Crippen MR) is 95.1 cm³/mol. The van der Waals surface area contributed by atoms with E-state index in [0.717, 1.165) is 15.3 Å². The number of rotatable bonds is 4. The Morgan fingerprint density at radius 2 is 2.00 bits per heavy atom. The molecule has 0 bridgehead atoms. The lowest BCUT2D eigenvalue weighted by molar-refractivity contribution is -0.122. The molecule has 0 fully saturated rings. The minimum absolute atomic E-state index is 0.0157. The quantitative estimate of drug-likeness (QED) is 0.789. The van der Waals surface area contributed by atoms with Crippen molar-refractivity contribution in [2.24, 2.45) is 0 Å². The second-order valence-corrected chi connectivity index (χ2v) is 6.83. The Morgan fingerprint density at radius 1 is 1.29 bits per heavy atom. The molecule has 7 heteroatoms. The van der Waals surface area contributed by atoms with E-state index in [-0.39, 0.29) is 24.1 Å². The van der Waals surface area contributed by atoms with Gasteiger partial charge in [-0.3, -0.25) is 9.59 Å². The molecule has 0 spiro atoms. The van der Waals surface area contributed by atoms with Crippen LogP contribution in [0.25, 0.3) is 20.8 Å². The monoisotopic (exact) mass is 342 g/mol. The minimum Gasteiger partial charge on any atom is -0.352 e. The van der Waals surface area contributed by atoms with Gasteiger partial charge in [-0.2, -0.15) is 5.10 Å². The van der Waals surface area contributed by atoms with Gasteiger partial charge in [-0.15, -0.1) is 11.3 Å². The number of aromatic nitrogens is 3. The normalized spacial score (nSPS) is 11.2. The lowest BCUT2D eigenvalue weighted by atomic mass is 10.2. The fourth-order valence-corrected chi connectivity index (χ4v) is 3.42. The third kappa shape index (κ3) is 3.21. The SMILES string of the molecule is Cc1nn(CC(=O)NC(C)C)c(=O)c2nc(-c3ccccc3)sc12. The van der Waals surface area contributed by atoms with Crippen LogP contribution in [0.4, 0.5) is 0 Å². The Hall–Kier alpha value is -2.54. The molecule has 1 aromatic carbocycles. The van der Waals surface area contributed by atoms with E-state index in [4.69, 9.17) is 0 Å². The first-order chi connectivity index (χ1) is 11.5. The summed E-state index contributed by atoms with van der Waals surface area (Å²) >= 11 is 1.44. The van der Waals surface area contributed by atoms with Crippen molar-refractivity contribution in [3.8, 4) is 10.6 Å². The van der Waals surface area contributed by atoms with Gasteiger partial charge in [-0.05, 0) is 20.8 Å². The first kappa shape index (κ1) is 16.3. The van der Waals surface area contributed by atoms with Crippen molar-refractivity contribution in [3.05, 3.63) is 46.4 Å². The molecule has 0 aliphatic carbocycles. The summed E-state index contributed by atoms with van der Waals surface area (Å²) in [4.78, 5) is 29.0. The standard InChI is InChI=1S/C17H18N4O2S/c1-10(2)18-13(22)9-21-17(23)14-15(11(3)20-21)24-16(19-14)12-7-5-4-6-8-12/h4-8,10H,9H2,1-3H3,(H,18,22). The highest BCUT2D eigenvalue weighted by Crippen LogP contribution is 2.29. The van der Waals surface area contributed by atoms with Gasteiger partial charge < -0.3 is 5.32 Å². The molecule has 0 atom stereocenters. The molecule has 2 aromatic heterocycles. The van der Waals surface area contributed by atoms with Gasteiger partial charge in [0.05, 0.1) is 10.4 Å². The van der Waals surface area contributed by atoms with E-state index in [1.54, 1.807) is 0 Å². The van der Waals surface area contributed by atoms with E-state index in [1.165, 1.54) is 16.0 Å². The maximum Gasteiger partial charge on any atom is 0.294 e. The van der Waals surface area contributed by atoms with Crippen LogP contribution in [0, 0.1) is 6.92 Å². The van der Waals surface area contributed by atoms with Crippen molar-refractivity contribution in [3.63, 3.8) is 0 Å². The summed E-state index contributed by atoms with van der Waals surface area (Å²) in [5.74, 6) is -0.239. The highest BCUT2D eigenvalue weighted by Gasteiger charge is 2.16. The molecule has 24 heavy (non-hydrogen) atoms. The van der Waals surface area contributed by atoms with Crippen molar-refractivity contribution in [1.82, 2.24) is 20.1 Å². The zero-order valence-corrected chi connectivity index (χ0v) is 14.6. The summed E-state index contributed by atoms with van der Waals surface area (Å²) in [5.41, 5.74) is 1.68. The van der Waals surface area contributed by atoms with E-state index in [2.05, 4.69) is 15.4 Å². The smallest absolute Gasteiger partial charge is 0.294 e. The number of nitrogens with one attached hydrogen (secondary N) is 1. The van der Waals surface area contributed by atoms with Crippen LogP contribution in [0.3, 0.4) is 0 Å². The summed E-state index contributed by atoms with van der Waals surface area (Å²) < 4.78 is 1.95. The number of hydrogen-bond donors (Lipinski definition) is 1. The van der Waals surface area contributed by atoms with Crippen molar-refractivity contribution in [2.45, 2.75) is 33.4 Å². The van der Waals surface area contributed by atoms with Gasteiger partial charge in [0.2, 0.25) is 5.91 Å². The highest BCUT2D eigenvalue weighted by molar-refractivity contribution is 7.21. The number of thiazole rings is 1. The second-order valence-electron chi connectivity index (χ2n) is 5.83. The Kier molecular flexibility index (Phi) is 4.44. The summed E-state index contributed by atoms with van der Waals surface area (Å²) in [7, 11) is 0. The summed E-state index contributed by atoms with van der Waals surface area (Å²) in [6.45, 7) is 5.46. The zero-order valence-electron chi connectivity index (χ0n) is 13.7. The molecule has 124 valence electrons. The number of amides is 1. The molecule has 0 aliphatic rings.